The second-order valence-electron chi connectivity index (χ2n) is 3.30. The van der Waals surface area contributed by atoms with E-state index in [-0.39, 0.29) is 11.8 Å². The molecule has 0 aromatic carbocycles. The lowest BCUT2D eigenvalue weighted by atomic mass is 10.4. The Labute approximate surface area is 92.1 Å². The maximum absolute atomic E-state index is 11.4. The van der Waals surface area contributed by atoms with Crippen molar-refractivity contribution in [3.05, 3.63) is 24.5 Å². The molecule has 16 heavy (non-hydrogen) atoms. The first-order valence-corrected chi connectivity index (χ1v) is 4.80. The molecule has 1 aliphatic heterocycles. The van der Waals surface area contributed by atoms with E-state index in [4.69, 9.17) is 4.74 Å². The number of ether oxygens (including phenoxy) is 1. The van der Waals surface area contributed by atoms with Crippen molar-refractivity contribution in [2.24, 2.45) is 0 Å². The van der Waals surface area contributed by atoms with E-state index in [1.165, 1.54) is 18.3 Å². The standard InChI is InChI=1S/C10H11N3O3/c1-16-5-4-12-7-8(6-11-12)13-9(14)2-3-10(13)15/h2-3,6-7H,4-5H2,1H3. The van der Waals surface area contributed by atoms with E-state index < -0.39 is 0 Å². The van der Waals surface area contributed by atoms with Gasteiger partial charge in [-0.1, -0.05) is 0 Å². The highest BCUT2D eigenvalue weighted by Crippen LogP contribution is 2.17. The Morgan fingerprint density at radius 1 is 1.31 bits per heavy atom. The lowest BCUT2D eigenvalue weighted by Crippen LogP contribution is -2.29. The first kappa shape index (κ1) is 10.6. The van der Waals surface area contributed by atoms with E-state index in [2.05, 4.69) is 5.10 Å². The van der Waals surface area contributed by atoms with Gasteiger partial charge in [0.25, 0.3) is 11.8 Å². The molecule has 2 amide bonds. The van der Waals surface area contributed by atoms with E-state index in [1.807, 2.05) is 0 Å². The third kappa shape index (κ3) is 1.87. The van der Waals surface area contributed by atoms with E-state index >= 15 is 0 Å². The topological polar surface area (TPSA) is 64.4 Å². The molecule has 2 heterocycles. The highest BCUT2D eigenvalue weighted by molar-refractivity contribution is 6.28. The Bertz CT molecular complexity index is 432. The van der Waals surface area contributed by atoms with Gasteiger partial charge in [-0.25, -0.2) is 4.90 Å². The number of aromatic nitrogens is 2. The second-order valence-corrected chi connectivity index (χ2v) is 3.30. The minimum absolute atomic E-state index is 0.337. The van der Waals surface area contributed by atoms with Gasteiger partial charge in [-0.3, -0.25) is 14.3 Å². The summed E-state index contributed by atoms with van der Waals surface area (Å²) in [5, 5.41) is 4.03. The molecule has 2 rings (SSSR count). The van der Waals surface area contributed by atoms with Gasteiger partial charge >= 0.3 is 0 Å². The van der Waals surface area contributed by atoms with Gasteiger partial charge in [-0.2, -0.15) is 5.10 Å². The van der Waals surface area contributed by atoms with Gasteiger partial charge in [0.05, 0.1) is 25.0 Å². The van der Waals surface area contributed by atoms with Crippen LogP contribution in [-0.2, 0) is 20.9 Å². The number of nitrogens with zero attached hydrogens (tertiary/aromatic N) is 3. The highest BCUT2D eigenvalue weighted by atomic mass is 16.5. The second kappa shape index (κ2) is 4.28. The summed E-state index contributed by atoms with van der Waals surface area (Å²) in [5.41, 5.74) is 0.483. The molecule has 6 heteroatoms. The first-order valence-electron chi connectivity index (χ1n) is 4.80. The van der Waals surface area contributed by atoms with Gasteiger partial charge in [0.2, 0.25) is 0 Å². The molecule has 1 aliphatic rings. The molecule has 0 atom stereocenters. The van der Waals surface area contributed by atoms with Gasteiger partial charge in [0.1, 0.15) is 0 Å². The molecule has 0 bridgehead atoms. The monoisotopic (exact) mass is 221 g/mol. The van der Waals surface area contributed by atoms with Gasteiger partial charge in [0.15, 0.2) is 0 Å². The van der Waals surface area contributed by atoms with Crippen LogP contribution < -0.4 is 4.90 Å². The summed E-state index contributed by atoms with van der Waals surface area (Å²) in [6.07, 6.45) is 5.62. The predicted molar refractivity (Wildman–Crippen MR) is 55.7 cm³/mol. The van der Waals surface area contributed by atoms with Crippen molar-refractivity contribution < 1.29 is 14.3 Å². The molecule has 0 radical (unpaired) electrons. The summed E-state index contributed by atoms with van der Waals surface area (Å²) >= 11 is 0. The Morgan fingerprint density at radius 3 is 2.62 bits per heavy atom. The Morgan fingerprint density at radius 2 is 2.00 bits per heavy atom. The molecule has 0 fully saturated rings. The molecular weight excluding hydrogens is 210 g/mol. The van der Waals surface area contributed by atoms with Gasteiger partial charge < -0.3 is 4.74 Å². The van der Waals surface area contributed by atoms with Gasteiger partial charge in [-0.05, 0) is 0 Å². The van der Waals surface area contributed by atoms with Crippen molar-refractivity contribution in [3.63, 3.8) is 0 Å². The van der Waals surface area contributed by atoms with Crippen LogP contribution in [0.4, 0.5) is 5.69 Å². The van der Waals surface area contributed by atoms with Crippen molar-refractivity contribution in [1.82, 2.24) is 9.78 Å². The number of hydrogen-bond acceptors (Lipinski definition) is 4. The van der Waals surface area contributed by atoms with E-state index in [1.54, 1.807) is 18.0 Å². The summed E-state index contributed by atoms with van der Waals surface area (Å²) in [6, 6.07) is 0. The molecule has 1 aromatic heterocycles. The average molecular weight is 221 g/mol. The van der Waals surface area contributed by atoms with E-state index in [0.29, 0.717) is 18.8 Å². The lowest BCUT2D eigenvalue weighted by Gasteiger charge is -2.09. The number of hydrogen-bond donors (Lipinski definition) is 0. The number of imide groups is 1. The van der Waals surface area contributed by atoms with Gasteiger partial charge in [0, 0.05) is 25.5 Å². The molecular formula is C10H11N3O3. The number of methoxy groups -OCH3 is 1. The summed E-state index contributed by atoms with van der Waals surface area (Å²) in [6.45, 7) is 1.11. The molecule has 0 spiro atoms. The Balaban J connectivity index is 2.13. The summed E-state index contributed by atoms with van der Waals surface area (Å²) in [4.78, 5) is 23.8. The summed E-state index contributed by atoms with van der Waals surface area (Å²) in [7, 11) is 1.60. The molecule has 0 saturated heterocycles. The van der Waals surface area contributed by atoms with Crippen molar-refractivity contribution in [2.45, 2.75) is 6.54 Å². The van der Waals surface area contributed by atoms with Crippen LogP contribution in [0.2, 0.25) is 0 Å². The molecule has 1 aromatic rings. The number of carbonyl (C=O) groups is 2. The number of rotatable bonds is 4. The molecule has 0 unspecified atom stereocenters. The number of amides is 2. The lowest BCUT2D eigenvalue weighted by molar-refractivity contribution is -0.119. The fraction of sp³-hybridized carbons (Fsp3) is 0.300. The molecule has 84 valence electrons. The zero-order valence-corrected chi connectivity index (χ0v) is 8.79. The van der Waals surface area contributed by atoms with Crippen LogP contribution in [0, 0.1) is 0 Å². The molecule has 0 aliphatic carbocycles. The smallest absolute Gasteiger partial charge is 0.258 e. The number of anilines is 1. The summed E-state index contributed by atoms with van der Waals surface area (Å²) in [5.74, 6) is -0.674. The fourth-order valence-electron chi connectivity index (χ4n) is 1.43. The average Bonchev–Trinajstić information content (AvgIpc) is 2.83. The molecule has 6 nitrogen and oxygen atoms in total. The van der Waals surface area contributed by atoms with Crippen LogP contribution >= 0.6 is 0 Å². The zero-order chi connectivity index (χ0) is 11.5. The third-order valence-electron chi connectivity index (χ3n) is 2.21. The minimum atomic E-state index is -0.337. The normalized spacial score (nSPS) is 15.2. The Kier molecular flexibility index (Phi) is 2.82. The van der Waals surface area contributed by atoms with Crippen LogP contribution in [-0.4, -0.2) is 35.3 Å². The Hall–Kier alpha value is -1.95. The SMILES string of the molecule is COCCn1cc(N2C(=O)C=CC2=O)cn1. The first-order chi connectivity index (χ1) is 7.72. The van der Waals surface area contributed by atoms with Crippen LogP contribution in [0.3, 0.4) is 0 Å². The highest BCUT2D eigenvalue weighted by Gasteiger charge is 2.26. The maximum atomic E-state index is 11.4. The van der Waals surface area contributed by atoms with Gasteiger partial charge in [-0.15, -0.1) is 0 Å². The molecule has 0 saturated carbocycles. The van der Waals surface area contributed by atoms with Crippen LogP contribution in [0.25, 0.3) is 0 Å². The van der Waals surface area contributed by atoms with Crippen LogP contribution in [0.5, 0.6) is 0 Å². The van der Waals surface area contributed by atoms with Crippen molar-refractivity contribution in [3.8, 4) is 0 Å². The van der Waals surface area contributed by atoms with Crippen LogP contribution in [0.15, 0.2) is 24.5 Å². The fourth-order valence-corrected chi connectivity index (χ4v) is 1.43. The van der Waals surface area contributed by atoms with Crippen molar-refractivity contribution >= 4 is 17.5 Å². The maximum Gasteiger partial charge on any atom is 0.258 e. The minimum Gasteiger partial charge on any atom is -0.383 e. The third-order valence-corrected chi connectivity index (χ3v) is 2.21. The number of carbonyl (C=O) groups excluding carboxylic acids is 2. The zero-order valence-electron chi connectivity index (χ0n) is 8.79. The quantitative estimate of drug-likeness (QED) is 0.669. The van der Waals surface area contributed by atoms with Crippen molar-refractivity contribution in [1.29, 1.82) is 0 Å². The van der Waals surface area contributed by atoms with Crippen molar-refractivity contribution in [2.75, 3.05) is 18.6 Å². The predicted octanol–water partition coefficient (Wildman–Crippen LogP) is -0.0411. The van der Waals surface area contributed by atoms with E-state index in [9.17, 15) is 9.59 Å². The largest absolute Gasteiger partial charge is 0.383 e. The summed E-state index contributed by atoms with van der Waals surface area (Å²) < 4.78 is 6.52. The van der Waals surface area contributed by atoms with Crippen LogP contribution in [0.1, 0.15) is 0 Å². The van der Waals surface area contributed by atoms with E-state index in [0.717, 1.165) is 4.90 Å². The molecule has 0 N–H and O–H groups in total.